The monoisotopic (exact) mass is 423 g/mol. The Hall–Kier alpha value is -2.20. The zero-order chi connectivity index (χ0) is 19.4. The van der Waals surface area contributed by atoms with Crippen molar-refractivity contribution in [3.8, 4) is 11.5 Å². The van der Waals surface area contributed by atoms with Crippen molar-refractivity contribution in [1.82, 2.24) is 4.72 Å². The van der Waals surface area contributed by atoms with Crippen molar-refractivity contribution >= 4 is 38.5 Å². The number of carbonyl (C=O) groups excluding carboxylic acids is 1. The van der Waals surface area contributed by atoms with E-state index in [2.05, 4.69) is 4.72 Å². The first kappa shape index (κ1) is 19.6. The van der Waals surface area contributed by atoms with E-state index >= 15 is 0 Å². The minimum atomic E-state index is -3.73. The molecule has 0 aliphatic rings. The number of ether oxygens (including phenoxy) is 2. The van der Waals surface area contributed by atoms with E-state index < -0.39 is 10.0 Å². The Kier molecular flexibility index (Phi) is 5.95. The summed E-state index contributed by atoms with van der Waals surface area (Å²) in [6.45, 7) is 0.0963. The second-order valence-electron chi connectivity index (χ2n) is 5.41. The van der Waals surface area contributed by atoms with Gasteiger partial charge in [0.2, 0.25) is 15.8 Å². The van der Waals surface area contributed by atoms with Crippen LogP contribution in [0, 0.1) is 0 Å². The molecular formula is C18H17NO5S3. The maximum atomic E-state index is 12.5. The molecule has 27 heavy (non-hydrogen) atoms. The molecule has 0 bridgehead atoms. The van der Waals surface area contributed by atoms with Gasteiger partial charge in [-0.25, -0.2) is 13.1 Å². The van der Waals surface area contributed by atoms with E-state index in [1.165, 1.54) is 55.1 Å². The largest absolute Gasteiger partial charge is 0.493 e. The summed E-state index contributed by atoms with van der Waals surface area (Å²) in [6, 6.07) is 11.5. The average molecular weight is 424 g/mol. The predicted molar refractivity (Wildman–Crippen MR) is 106 cm³/mol. The number of benzene rings is 1. The molecule has 2 aromatic heterocycles. The van der Waals surface area contributed by atoms with E-state index in [1.54, 1.807) is 18.2 Å². The Morgan fingerprint density at radius 2 is 1.81 bits per heavy atom. The summed E-state index contributed by atoms with van der Waals surface area (Å²) in [6.07, 6.45) is 0. The lowest BCUT2D eigenvalue weighted by molar-refractivity contribution is 0.104. The number of thiophene rings is 2. The molecule has 142 valence electrons. The summed E-state index contributed by atoms with van der Waals surface area (Å²) >= 11 is 2.65. The van der Waals surface area contributed by atoms with Crippen LogP contribution >= 0.6 is 22.7 Å². The second kappa shape index (κ2) is 8.22. The van der Waals surface area contributed by atoms with Gasteiger partial charge in [0.05, 0.1) is 28.9 Å². The van der Waals surface area contributed by atoms with Gasteiger partial charge in [0.15, 0.2) is 11.5 Å². The molecule has 0 amide bonds. The zero-order valence-corrected chi connectivity index (χ0v) is 17.0. The van der Waals surface area contributed by atoms with E-state index in [1.807, 2.05) is 11.4 Å². The normalized spacial score (nSPS) is 11.3. The van der Waals surface area contributed by atoms with Crippen molar-refractivity contribution in [1.29, 1.82) is 0 Å². The Morgan fingerprint density at radius 3 is 2.48 bits per heavy atom. The highest BCUT2D eigenvalue weighted by atomic mass is 32.2. The summed E-state index contributed by atoms with van der Waals surface area (Å²) in [7, 11) is -0.806. The van der Waals surface area contributed by atoms with Crippen molar-refractivity contribution in [3.05, 3.63) is 62.5 Å². The maximum absolute atomic E-state index is 12.5. The molecule has 2 heterocycles. The molecule has 0 radical (unpaired) electrons. The van der Waals surface area contributed by atoms with Crippen LogP contribution in [0.15, 0.2) is 52.7 Å². The SMILES string of the molecule is COc1ccc(S(=O)(=O)NCc2ccc(C(=O)c3cccs3)s2)cc1OC. The fraction of sp³-hybridized carbons (Fsp3) is 0.167. The predicted octanol–water partition coefficient (Wildman–Crippen LogP) is 3.54. The first-order valence-corrected chi connectivity index (χ1v) is 11.0. The molecule has 9 heteroatoms. The van der Waals surface area contributed by atoms with Crippen molar-refractivity contribution in [2.24, 2.45) is 0 Å². The summed E-state index contributed by atoms with van der Waals surface area (Å²) < 4.78 is 37.9. The third-order valence-corrected chi connectivity index (χ3v) is 7.08. The summed E-state index contributed by atoms with van der Waals surface area (Å²) in [4.78, 5) is 14.4. The van der Waals surface area contributed by atoms with Gasteiger partial charge in [0.1, 0.15) is 0 Å². The molecule has 1 aromatic carbocycles. The van der Waals surface area contributed by atoms with Crippen molar-refractivity contribution in [2.45, 2.75) is 11.4 Å². The molecule has 0 saturated carbocycles. The number of hydrogen-bond donors (Lipinski definition) is 1. The van der Waals surface area contributed by atoms with Crippen LogP contribution in [-0.2, 0) is 16.6 Å². The average Bonchev–Trinajstić information content (AvgIpc) is 3.37. The van der Waals surface area contributed by atoms with Gasteiger partial charge < -0.3 is 9.47 Å². The number of ketones is 1. The summed E-state index contributed by atoms with van der Waals surface area (Å²) in [5.41, 5.74) is 0. The number of methoxy groups -OCH3 is 2. The molecule has 3 aromatic rings. The number of rotatable bonds is 8. The maximum Gasteiger partial charge on any atom is 0.241 e. The summed E-state index contributed by atoms with van der Waals surface area (Å²) in [5.74, 6) is 0.732. The van der Waals surface area contributed by atoms with Gasteiger partial charge in [-0.1, -0.05) is 6.07 Å². The fourth-order valence-electron chi connectivity index (χ4n) is 2.36. The Balaban J connectivity index is 1.72. The lowest BCUT2D eigenvalue weighted by Gasteiger charge is -2.10. The first-order valence-electron chi connectivity index (χ1n) is 7.83. The number of sulfonamides is 1. The van der Waals surface area contributed by atoms with Gasteiger partial charge in [0.25, 0.3) is 0 Å². The van der Waals surface area contributed by atoms with Gasteiger partial charge in [0, 0.05) is 17.5 Å². The van der Waals surface area contributed by atoms with E-state index in [0.29, 0.717) is 21.3 Å². The third kappa shape index (κ3) is 4.38. The molecule has 0 aliphatic heterocycles. The van der Waals surface area contributed by atoms with Crippen molar-refractivity contribution in [3.63, 3.8) is 0 Å². The highest BCUT2D eigenvalue weighted by Crippen LogP contribution is 2.29. The molecule has 3 rings (SSSR count). The zero-order valence-electron chi connectivity index (χ0n) is 14.6. The number of carbonyl (C=O) groups is 1. The van der Waals surface area contributed by atoms with E-state index in [9.17, 15) is 13.2 Å². The second-order valence-corrected chi connectivity index (χ2v) is 9.30. The third-order valence-electron chi connectivity index (χ3n) is 3.73. The molecule has 0 spiro atoms. The molecule has 1 N–H and O–H groups in total. The van der Waals surface area contributed by atoms with Crippen LogP contribution in [0.4, 0.5) is 0 Å². The molecule has 0 fully saturated rings. The Bertz CT molecular complexity index is 1040. The van der Waals surface area contributed by atoms with Crippen molar-refractivity contribution in [2.75, 3.05) is 14.2 Å². The molecule has 0 saturated heterocycles. The van der Waals surface area contributed by atoms with Crippen LogP contribution < -0.4 is 14.2 Å². The van der Waals surface area contributed by atoms with E-state index in [0.717, 1.165) is 4.88 Å². The molecule has 0 atom stereocenters. The topological polar surface area (TPSA) is 81.7 Å². The fourth-order valence-corrected chi connectivity index (χ4v) is 5.11. The highest BCUT2D eigenvalue weighted by Gasteiger charge is 2.18. The quantitative estimate of drug-likeness (QED) is 0.561. The minimum absolute atomic E-state index is 0.0519. The first-order chi connectivity index (χ1) is 12.9. The van der Waals surface area contributed by atoms with Crippen LogP contribution in [0.25, 0.3) is 0 Å². The standard InChI is InChI=1S/C18H17NO5S3/c1-23-14-7-6-13(10-15(14)24-2)27(21,22)19-11-12-5-8-17(26-12)18(20)16-4-3-9-25-16/h3-10,19H,11H2,1-2H3. The van der Waals surface area contributed by atoms with Gasteiger partial charge >= 0.3 is 0 Å². The van der Waals surface area contributed by atoms with Gasteiger partial charge in [-0.2, -0.15) is 0 Å². The van der Waals surface area contributed by atoms with Gasteiger partial charge in [-0.05, 0) is 35.7 Å². The smallest absolute Gasteiger partial charge is 0.241 e. The summed E-state index contributed by atoms with van der Waals surface area (Å²) in [5, 5.41) is 1.85. The molecular weight excluding hydrogens is 406 g/mol. The van der Waals surface area contributed by atoms with Crippen LogP contribution in [0.2, 0.25) is 0 Å². The Labute approximate surface area is 165 Å². The lowest BCUT2D eigenvalue weighted by Crippen LogP contribution is -2.22. The van der Waals surface area contributed by atoms with Gasteiger partial charge in [-0.3, -0.25) is 4.79 Å². The lowest BCUT2D eigenvalue weighted by atomic mass is 10.3. The van der Waals surface area contributed by atoms with Crippen LogP contribution in [0.1, 0.15) is 19.4 Å². The molecule has 0 aliphatic carbocycles. The van der Waals surface area contributed by atoms with E-state index in [-0.39, 0.29) is 17.2 Å². The van der Waals surface area contributed by atoms with E-state index in [4.69, 9.17) is 9.47 Å². The number of nitrogens with one attached hydrogen (secondary N) is 1. The van der Waals surface area contributed by atoms with Crippen LogP contribution in [0.3, 0.4) is 0 Å². The Morgan fingerprint density at radius 1 is 1.04 bits per heavy atom. The van der Waals surface area contributed by atoms with Gasteiger partial charge in [-0.15, -0.1) is 22.7 Å². The van der Waals surface area contributed by atoms with Crippen LogP contribution in [-0.4, -0.2) is 28.4 Å². The highest BCUT2D eigenvalue weighted by molar-refractivity contribution is 7.89. The molecule has 0 unspecified atom stereocenters. The minimum Gasteiger partial charge on any atom is -0.493 e. The van der Waals surface area contributed by atoms with Crippen LogP contribution in [0.5, 0.6) is 11.5 Å². The number of hydrogen-bond acceptors (Lipinski definition) is 7. The molecule has 6 nitrogen and oxygen atoms in total. The van der Waals surface area contributed by atoms with Crippen molar-refractivity contribution < 1.29 is 22.7 Å².